The highest BCUT2D eigenvalue weighted by Crippen LogP contribution is 2.25. The predicted octanol–water partition coefficient (Wildman–Crippen LogP) is 4.53. The minimum absolute atomic E-state index is 0.0447. The molecular weight excluding hydrogens is 460 g/mol. The topological polar surface area (TPSA) is 93.1 Å². The summed E-state index contributed by atoms with van der Waals surface area (Å²) < 4.78 is 28.6. The van der Waals surface area contributed by atoms with E-state index in [1.54, 1.807) is 18.5 Å². The van der Waals surface area contributed by atoms with E-state index in [2.05, 4.69) is 10.3 Å². The van der Waals surface area contributed by atoms with E-state index >= 15 is 0 Å². The van der Waals surface area contributed by atoms with Crippen LogP contribution in [-0.2, 0) is 16.4 Å². The number of urea groups is 1. The van der Waals surface area contributed by atoms with Gasteiger partial charge < -0.3 is 5.32 Å². The molecule has 0 bridgehead atoms. The van der Waals surface area contributed by atoms with Crippen LogP contribution >= 0.6 is 11.6 Å². The van der Waals surface area contributed by atoms with E-state index in [0.717, 1.165) is 33.4 Å². The molecule has 9 heteroatoms. The highest BCUT2D eigenvalue weighted by Gasteiger charge is 2.17. The van der Waals surface area contributed by atoms with Crippen LogP contribution in [0.25, 0.3) is 16.7 Å². The molecular formula is C24H23ClN4O3S. The van der Waals surface area contributed by atoms with Gasteiger partial charge in [-0.05, 0) is 67.8 Å². The molecule has 0 aliphatic heterocycles. The number of benzene rings is 3. The lowest BCUT2D eigenvalue weighted by Crippen LogP contribution is -2.40. The standard InChI is InChI=1S/C24H23ClN4O3S/c1-16-3-9-20(10-4-16)33(31,32)28-24(30)26-12-11-18-5-7-19(8-6-18)29-15-27-22-14-21(25)17(2)13-23(22)29/h3-10,13-15H,11-12H2,1-2H3,(H2,26,28,30). The first-order chi connectivity index (χ1) is 15.7. The molecule has 33 heavy (non-hydrogen) atoms. The summed E-state index contributed by atoms with van der Waals surface area (Å²) in [6, 6.07) is 17.3. The summed E-state index contributed by atoms with van der Waals surface area (Å²) in [4.78, 5) is 16.5. The molecule has 4 rings (SSSR count). The molecule has 170 valence electrons. The first kappa shape index (κ1) is 22.8. The smallest absolute Gasteiger partial charge is 0.328 e. The lowest BCUT2D eigenvalue weighted by Gasteiger charge is -2.10. The van der Waals surface area contributed by atoms with Crippen molar-refractivity contribution in [2.24, 2.45) is 0 Å². The zero-order valence-electron chi connectivity index (χ0n) is 18.2. The van der Waals surface area contributed by atoms with Crippen molar-refractivity contribution in [1.29, 1.82) is 0 Å². The Kier molecular flexibility index (Phi) is 6.40. The fourth-order valence-electron chi connectivity index (χ4n) is 3.42. The third-order valence-corrected chi connectivity index (χ3v) is 7.05. The Morgan fingerprint density at radius 2 is 1.73 bits per heavy atom. The number of halogens is 1. The Bertz CT molecular complexity index is 1410. The van der Waals surface area contributed by atoms with Crippen molar-refractivity contribution >= 4 is 38.7 Å². The van der Waals surface area contributed by atoms with Crippen molar-refractivity contribution in [3.05, 3.63) is 88.7 Å². The van der Waals surface area contributed by atoms with Gasteiger partial charge in [-0.1, -0.05) is 41.4 Å². The highest BCUT2D eigenvalue weighted by atomic mass is 35.5. The third kappa shape index (κ3) is 5.18. The molecule has 2 amide bonds. The summed E-state index contributed by atoms with van der Waals surface area (Å²) in [6.45, 7) is 4.11. The Labute approximate surface area is 197 Å². The van der Waals surface area contributed by atoms with Crippen molar-refractivity contribution in [2.45, 2.75) is 25.2 Å². The van der Waals surface area contributed by atoms with Crippen LogP contribution in [0, 0.1) is 13.8 Å². The Balaban J connectivity index is 1.35. The number of imidazole rings is 1. The van der Waals surface area contributed by atoms with E-state index in [9.17, 15) is 13.2 Å². The number of hydrogen-bond donors (Lipinski definition) is 2. The Hall–Kier alpha value is -3.36. The summed E-state index contributed by atoms with van der Waals surface area (Å²) in [7, 11) is -3.90. The van der Waals surface area contributed by atoms with E-state index in [1.807, 2.05) is 59.5 Å². The second kappa shape index (κ2) is 9.25. The van der Waals surface area contributed by atoms with E-state index in [0.29, 0.717) is 18.0 Å². The second-order valence-electron chi connectivity index (χ2n) is 7.80. The quantitative estimate of drug-likeness (QED) is 0.422. The summed E-state index contributed by atoms with van der Waals surface area (Å²) in [5.74, 6) is 0. The number of aryl methyl sites for hydroxylation is 2. The number of amides is 2. The molecule has 3 aromatic carbocycles. The Morgan fingerprint density at radius 3 is 2.42 bits per heavy atom. The molecule has 0 saturated carbocycles. The van der Waals surface area contributed by atoms with E-state index in [1.165, 1.54) is 12.1 Å². The van der Waals surface area contributed by atoms with Gasteiger partial charge in [0.15, 0.2) is 0 Å². The number of rotatable bonds is 6. The summed E-state index contributed by atoms with van der Waals surface area (Å²) >= 11 is 6.19. The molecule has 4 aromatic rings. The SMILES string of the molecule is Cc1ccc(S(=O)(=O)NC(=O)NCCc2ccc(-n3cnc4cc(Cl)c(C)cc43)cc2)cc1. The van der Waals surface area contributed by atoms with E-state index in [-0.39, 0.29) is 4.90 Å². The maximum atomic E-state index is 12.3. The normalized spacial score (nSPS) is 11.5. The van der Waals surface area contributed by atoms with Crippen LogP contribution in [0.15, 0.2) is 71.9 Å². The van der Waals surface area contributed by atoms with Crippen molar-refractivity contribution in [3.63, 3.8) is 0 Å². The van der Waals surface area contributed by atoms with Gasteiger partial charge >= 0.3 is 6.03 Å². The molecule has 2 N–H and O–H groups in total. The van der Waals surface area contributed by atoms with E-state index < -0.39 is 16.1 Å². The van der Waals surface area contributed by atoms with Gasteiger partial charge in [0.1, 0.15) is 6.33 Å². The number of nitrogens with one attached hydrogen (secondary N) is 2. The minimum atomic E-state index is -3.90. The molecule has 7 nitrogen and oxygen atoms in total. The predicted molar refractivity (Wildman–Crippen MR) is 129 cm³/mol. The van der Waals surface area contributed by atoms with Crippen molar-refractivity contribution < 1.29 is 13.2 Å². The van der Waals surface area contributed by atoms with Crippen LogP contribution in [-0.4, -0.2) is 30.5 Å². The number of nitrogens with zero attached hydrogens (tertiary/aromatic N) is 2. The van der Waals surface area contributed by atoms with Crippen molar-refractivity contribution in [2.75, 3.05) is 6.54 Å². The lowest BCUT2D eigenvalue weighted by molar-refractivity contribution is 0.246. The molecule has 0 fully saturated rings. The zero-order chi connectivity index (χ0) is 23.6. The molecule has 0 aliphatic carbocycles. The molecule has 1 heterocycles. The number of carbonyl (C=O) groups excluding carboxylic acids is 1. The highest BCUT2D eigenvalue weighted by molar-refractivity contribution is 7.90. The van der Waals surface area contributed by atoms with Crippen LogP contribution in [0.2, 0.25) is 5.02 Å². The fraction of sp³-hybridized carbons (Fsp3) is 0.167. The van der Waals surface area contributed by atoms with E-state index in [4.69, 9.17) is 11.6 Å². The average Bonchev–Trinajstić information content (AvgIpc) is 3.17. The van der Waals surface area contributed by atoms with Crippen LogP contribution in [0.1, 0.15) is 16.7 Å². The van der Waals surface area contributed by atoms with Crippen LogP contribution in [0.4, 0.5) is 4.79 Å². The second-order valence-corrected chi connectivity index (χ2v) is 9.89. The molecule has 0 unspecified atom stereocenters. The average molecular weight is 483 g/mol. The van der Waals surface area contributed by atoms with Crippen LogP contribution in [0.5, 0.6) is 0 Å². The van der Waals surface area contributed by atoms with Gasteiger partial charge in [0, 0.05) is 17.3 Å². The molecule has 1 aromatic heterocycles. The van der Waals surface area contributed by atoms with Crippen LogP contribution in [0.3, 0.4) is 0 Å². The number of carbonyl (C=O) groups is 1. The fourth-order valence-corrected chi connectivity index (χ4v) is 4.50. The van der Waals surface area contributed by atoms with Gasteiger partial charge in [0.25, 0.3) is 10.0 Å². The minimum Gasteiger partial charge on any atom is -0.337 e. The zero-order valence-corrected chi connectivity index (χ0v) is 19.7. The molecule has 0 atom stereocenters. The van der Waals surface area contributed by atoms with Gasteiger partial charge in [0.2, 0.25) is 0 Å². The number of sulfonamides is 1. The molecule has 0 saturated heterocycles. The summed E-state index contributed by atoms with van der Waals surface area (Å²) in [5, 5.41) is 3.28. The lowest BCUT2D eigenvalue weighted by atomic mass is 10.1. The maximum Gasteiger partial charge on any atom is 0.328 e. The van der Waals surface area contributed by atoms with Gasteiger partial charge in [-0.15, -0.1) is 0 Å². The maximum absolute atomic E-state index is 12.3. The monoisotopic (exact) mass is 482 g/mol. The number of aromatic nitrogens is 2. The Morgan fingerprint density at radius 1 is 1.03 bits per heavy atom. The molecule has 0 spiro atoms. The van der Waals surface area contributed by atoms with Gasteiger partial charge in [0.05, 0.1) is 15.9 Å². The summed E-state index contributed by atoms with van der Waals surface area (Å²) in [6.07, 6.45) is 2.31. The van der Waals surface area contributed by atoms with Crippen molar-refractivity contribution in [3.8, 4) is 5.69 Å². The largest absolute Gasteiger partial charge is 0.337 e. The van der Waals surface area contributed by atoms with Gasteiger partial charge in [-0.2, -0.15) is 0 Å². The molecule has 0 aliphatic rings. The summed E-state index contributed by atoms with van der Waals surface area (Å²) in [5.41, 5.74) is 5.67. The first-order valence-electron chi connectivity index (χ1n) is 10.3. The number of hydrogen-bond acceptors (Lipinski definition) is 4. The molecule has 0 radical (unpaired) electrons. The van der Waals surface area contributed by atoms with Gasteiger partial charge in [-0.25, -0.2) is 22.9 Å². The van der Waals surface area contributed by atoms with Crippen LogP contribution < -0.4 is 10.0 Å². The van der Waals surface area contributed by atoms with Crippen molar-refractivity contribution in [1.82, 2.24) is 19.6 Å². The first-order valence-corrected chi connectivity index (χ1v) is 12.2. The number of fused-ring (bicyclic) bond motifs is 1. The third-order valence-electron chi connectivity index (χ3n) is 5.30. The van der Waals surface area contributed by atoms with Gasteiger partial charge in [-0.3, -0.25) is 4.57 Å².